The molecule has 4 unspecified atom stereocenters. The molecule has 4 atom stereocenters. The molecule has 0 saturated heterocycles. The zero-order chi connectivity index (χ0) is 21.2. The van der Waals surface area contributed by atoms with Gasteiger partial charge in [-0.15, -0.1) is 0 Å². The maximum atomic E-state index is 12.1. The molecule has 1 fully saturated rings. The molecule has 0 amide bonds. The summed E-state index contributed by atoms with van der Waals surface area (Å²) in [6.07, 6.45) is 2.81. The SMILES string of the molecule is O=C(O)CCC/C=C/CC1C(=O)CC(O)C1OCC(O)COc1cccc(Cl)c1. The van der Waals surface area contributed by atoms with E-state index in [-0.39, 0.29) is 31.8 Å². The monoisotopic (exact) mass is 426 g/mol. The molecule has 0 radical (unpaired) electrons. The first-order valence-corrected chi connectivity index (χ1v) is 10.00. The summed E-state index contributed by atoms with van der Waals surface area (Å²) in [6.45, 7) is -0.0837. The molecule has 0 bridgehead atoms. The second-order valence-corrected chi connectivity index (χ2v) is 7.49. The van der Waals surface area contributed by atoms with Crippen LogP contribution in [0.15, 0.2) is 36.4 Å². The highest BCUT2D eigenvalue weighted by molar-refractivity contribution is 6.30. The number of aliphatic hydroxyl groups excluding tert-OH is 2. The van der Waals surface area contributed by atoms with E-state index < -0.39 is 30.2 Å². The fourth-order valence-corrected chi connectivity index (χ4v) is 3.35. The molecule has 8 heteroatoms. The van der Waals surface area contributed by atoms with Crippen LogP contribution in [0.3, 0.4) is 0 Å². The van der Waals surface area contributed by atoms with Gasteiger partial charge in [-0.25, -0.2) is 0 Å². The number of rotatable bonds is 12. The number of aliphatic carboxylic acids is 1. The molecule has 1 aromatic carbocycles. The summed E-state index contributed by atoms with van der Waals surface area (Å²) in [4.78, 5) is 22.6. The Morgan fingerprint density at radius 3 is 2.83 bits per heavy atom. The van der Waals surface area contributed by atoms with Crippen LogP contribution in [-0.4, -0.2) is 58.6 Å². The number of benzene rings is 1. The maximum Gasteiger partial charge on any atom is 0.303 e. The number of aliphatic hydroxyl groups is 2. The van der Waals surface area contributed by atoms with Crippen LogP contribution in [0.2, 0.25) is 5.02 Å². The van der Waals surface area contributed by atoms with Crippen molar-refractivity contribution in [3.63, 3.8) is 0 Å². The van der Waals surface area contributed by atoms with Crippen molar-refractivity contribution in [1.82, 2.24) is 0 Å². The largest absolute Gasteiger partial charge is 0.491 e. The average molecular weight is 427 g/mol. The summed E-state index contributed by atoms with van der Waals surface area (Å²) in [5.41, 5.74) is 0. The van der Waals surface area contributed by atoms with Crippen LogP contribution in [0.4, 0.5) is 0 Å². The second kappa shape index (κ2) is 11.9. The Balaban J connectivity index is 1.76. The number of hydrogen-bond donors (Lipinski definition) is 3. The molecular formula is C21H27ClO7. The van der Waals surface area contributed by atoms with Crippen LogP contribution < -0.4 is 4.74 Å². The van der Waals surface area contributed by atoms with E-state index in [1.54, 1.807) is 24.3 Å². The van der Waals surface area contributed by atoms with Gasteiger partial charge < -0.3 is 24.8 Å². The average Bonchev–Trinajstić information content (AvgIpc) is 2.93. The summed E-state index contributed by atoms with van der Waals surface area (Å²) in [5, 5.41) is 29.3. The Labute approximate surface area is 174 Å². The Kier molecular flexibility index (Phi) is 9.60. The lowest BCUT2D eigenvalue weighted by atomic mass is 9.99. The Bertz CT molecular complexity index is 706. The lowest BCUT2D eigenvalue weighted by Gasteiger charge is -2.22. The number of halogens is 1. The van der Waals surface area contributed by atoms with Crippen LogP contribution >= 0.6 is 11.6 Å². The molecule has 7 nitrogen and oxygen atoms in total. The topological polar surface area (TPSA) is 113 Å². The van der Waals surface area contributed by atoms with Gasteiger partial charge in [-0.05, 0) is 37.5 Å². The van der Waals surface area contributed by atoms with Gasteiger partial charge >= 0.3 is 5.97 Å². The summed E-state index contributed by atoms with van der Waals surface area (Å²) < 4.78 is 11.1. The first-order chi connectivity index (χ1) is 13.9. The van der Waals surface area contributed by atoms with Gasteiger partial charge in [0.25, 0.3) is 0 Å². The molecule has 160 valence electrons. The lowest BCUT2D eigenvalue weighted by molar-refractivity contribution is -0.137. The molecule has 1 aromatic rings. The molecule has 2 rings (SSSR count). The molecule has 1 saturated carbocycles. The van der Waals surface area contributed by atoms with E-state index >= 15 is 0 Å². The van der Waals surface area contributed by atoms with Crippen LogP contribution in [0.25, 0.3) is 0 Å². The number of ether oxygens (including phenoxy) is 2. The third-order valence-corrected chi connectivity index (χ3v) is 4.87. The van der Waals surface area contributed by atoms with E-state index in [9.17, 15) is 19.8 Å². The third-order valence-electron chi connectivity index (χ3n) is 4.64. The molecule has 0 spiro atoms. The van der Waals surface area contributed by atoms with Crippen molar-refractivity contribution in [1.29, 1.82) is 0 Å². The minimum Gasteiger partial charge on any atom is -0.491 e. The molecule has 0 aliphatic heterocycles. The van der Waals surface area contributed by atoms with Crippen molar-refractivity contribution in [2.45, 2.75) is 50.4 Å². The summed E-state index contributed by atoms with van der Waals surface area (Å²) in [6, 6.07) is 6.80. The molecule has 1 aliphatic rings. The number of carbonyl (C=O) groups is 2. The molecule has 0 heterocycles. The van der Waals surface area contributed by atoms with Gasteiger partial charge in [-0.1, -0.05) is 29.8 Å². The van der Waals surface area contributed by atoms with Gasteiger partial charge in [-0.2, -0.15) is 0 Å². The fraction of sp³-hybridized carbons (Fsp3) is 0.524. The van der Waals surface area contributed by atoms with E-state index in [2.05, 4.69) is 0 Å². The number of allylic oxidation sites excluding steroid dienone is 2. The summed E-state index contributed by atoms with van der Waals surface area (Å²) in [7, 11) is 0. The number of carboxylic acids is 1. The molecule has 0 aromatic heterocycles. The second-order valence-electron chi connectivity index (χ2n) is 7.06. The van der Waals surface area contributed by atoms with E-state index in [0.717, 1.165) is 0 Å². The zero-order valence-corrected chi connectivity index (χ0v) is 16.8. The number of hydrogen-bond acceptors (Lipinski definition) is 6. The standard InChI is InChI=1S/C21H27ClO7/c22-14-6-5-7-16(10-14)28-12-15(23)13-29-21-17(18(24)11-19(21)25)8-3-1-2-4-9-20(26)27/h1,3,5-7,10,15,17,19,21,23,25H,2,4,8-9,11-13H2,(H,26,27)/b3-1+. The van der Waals surface area contributed by atoms with E-state index in [0.29, 0.717) is 30.0 Å². The first kappa shape index (κ1) is 23.3. The van der Waals surface area contributed by atoms with E-state index in [4.69, 9.17) is 26.2 Å². The number of unbranched alkanes of at least 4 members (excludes halogenated alkanes) is 1. The maximum absolute atomic E-state index is 12.1. The summed E-state index contributed by atoms with van der Waals surface area (Å²) >= 11 is 5.88. The van der Waals surface area contributed by atoms with Gasteiger partial charge in [-0.3, -0.25) is 9.59 Å². The van der Waals surface area contributed by atoms with Crippen molar-refractivity contribution < 1.29 is 34.4 Å². The van der Waals surface area contributed by atoms with Crippen molar-refractivity contribution in [3.8, 4) is 5.75 Å². The van der Waals surface area contributed by atoms with Gasteiger partial charge in [0.15, 0.2) is 0 Å². The van der Waals surface area contributed by atoms with Crippen LogP contribution in [0.1, 0.15) is 32.1 Å². The Morgan fingerprint density at radius 2 is 2.10 bits per heavy atom. The van der Waals surface area contributed by atoms with E-state index in [1.807, 2.05) is 12.2 Å². The Morgan fingerprint density at radius 1 is 1.31 bits per heavy atom. The van der Waals surface area contributed by atoms with Gasteiger partial charge in [0.2, 0.25) is 0 Å². The number of carboxylic acid groups (broad SMARTS) is 1. The van der Waals surface area contributed by atoms with Gasteiger partial charge in [0.05, 0.1) is 18.8 Å². The first-order valence-electron chi connectivity index (χ1n) is 9.62. The van der Waals surface area contributed by atoms with E-state index in [1.165, 1.54) is 0 Å². The van der Waals surface area contributed by atoms with Crippen molar-refractivity contribution >= 4 is 23.4 Å². The predicted octanol–water partition coefficient (Wildman–Crippen LogP) is 2.62. The summed E-state index contributed by atoms with van der Waals surface area (Å²) in [5.74, 6) is -0.874. The Hall–Kier alpha value is -1.93. The quantitative estimate of drug-likeness (QED) is 0.347. The highest BCUT2D eigenvalue weighted by Gasteiger charge is 2.41. The molecular weight excluding hydrogens is 400 g/mol. The van der Waals surface area contributed by atoms with Crippen molar-refractivity contribution in [2.75, 3.05) is 13.2 Å². The number of ketones is 1. The van der Waals surface area contributed by atoms with Crippen molar-refractivity contribution in [3.05, 3.63) is 41.4 Å². The number of carbonyl (C=O) groups excluding carboxylic acids is 1. The van der Waals surface area contributed by atoms with Crippen LogP contribution in [-0.2, 0) is 14.3 Å². The fourth-order valence-electron chi connectivity index (χ4n) is 3.17. The predicted molar refractivity (Wildman–Crippen MR) is 107 cm³/mol. The minimum atomic E-state index is -0.927. The molecule has 29 heavy (non-hydrogen) atoms. The van der Waals surface area contributed by atoms with Gasteiger partial charge in [0, 0.05) is 23.8 Å². The normalized spacial score (nSPS) is 22.9. The van der Waals surface area contributed by atoms with Crippen molar-refractivity contribution in [2.24, 2.45) is 5.92 Å². The van der Waals surface area contributed by atoms with Gasteiger partial charge in [0.1, 0.15) is 24.2 Å². The molecule has 3 N–H and O–H groups in total. The lowest BCUT2D eigenvalue weighted by Crippen LogP contribution is -2.34. The zero-order valence-electron chi connectivity index (χ0n) is 16.1. The smallest absolute Gasteiger partial charge is 0.303 e. The van der Waals surface area contributed by atoms with Crippen LogP contribution in [0, 0.1) is 5.92 Å². The minimum absolute atomic E-state index is 0.00868. The number of Topliss-reactive ketones (excluding diaryl/α,β-unsaturated/α-hetero) is 1. The highest BCUT2D eigenvalue weighted by Crippen LogP contribution is 2.29. The van der Waals surface area contributed by atoms with Crippen LogP contribution in [0.5, 0.6) is 5.75 Å². The molecule has 1 aliphatic carbocycles. The highest BCUT2D eigenvalue weighted by atomic mass is 35.5. The third kappa shape index (κ3) is 8.14.